The van der Waals surface area contributed by atoms with Crippen molar-refractivity contribution in [3.8, 4) is 5.75 Å². The highest BCUT2D eigenvalue weighted by atomic mass is 35.5. The molecule has 0 aromatic heterocycles. The molecule has 36 heavy (non-hydrogen) atoms. The van der Waals surface area contributed by atoms with Gasteiger partial charge in [-0.05, 0) is 48.6 Å². The molecule has 0 saturated carbocycles. The fourth-order valence-electron chi connectivity index (χ4n) is 3.57. The molecule has 0 aliphatic rings. The van der Waals surface area contributed by atoms with Gasteiger partial charge in [0.1, 0.15) is 19.0 Å². The van der Waals surface area contributed by atoms with Crippen LogP contribution in [0.3, 0.4) is 0 Å². The third-order valence-corrected chi connectivity index (χ3v) is 5.57. The average molecular weight is 512 g/mol. The fourth-order valence-corrected chi connectivity index (χ4v) is 3.57. The molecule has 3 rings (SSSR count). The van der Waals surface area contributed by atoms with Gasteiger partial charge >= 0.3 is 6.09 Å². The van der Waals surface area contributed by atoms with E-state index >= 15 is 0 Å². The molecule has 0 aliphatic heterocycles. The lowest BCUT2D eigenvalue weighted by molar-refractivity contribution is -0.120. The Morgan fingerprint density at radius 3 is 2.03 bits per heavy atom. The van der Waals surface area contributed by atoms with E-state index in [0.29, 0.717) is 26.0 Å². The van der Waals surface area contributed by atoms with E-state index in [1.54, 1.807) is 0 Å². The number of carbonyl (C=O) groups excluding carboxylic acids is 2. The van der Waals surface area contributed by atoms with Crippen LogP contribution in [0.25, 0.3) is 0 Å². The van der Waals surface area contributed by atoms with E-state index in [2.05, 4.69) is 10.6 Å². The first kappa shape index (κ1) is 28.7. The minimum atomic E-state index is -0.513. The van der Waals surface area contributed by atoms with Crippen LogP contribution in [-0.2, 0) is 22.7 Å². The Balaban J connectivity index is 0.00000456. The maximum Gasteiger partial charge on any atom is 0.407 e. The number of primary amides is 1. The number of carbonyl (C=O) groups is 2. The number of halogens is 1. The highest BCUT2D eigenvalue weighted by Crippen LogP contribution is 2.19. The Bertz CT molecular complexity index is 1050. The summed E-state index contributed by atoms with van der Waals surface area (Å²) in [5.74, 6) is 0.354. The van der Waals surface area contributed by atoms with Gasteiger partial charge in [-0.1, -0.05) is 72.8 Å². The van der Waals surface area contributed by atoms with Crippen LogP contribution in [0.2, 0.25) is 0 Å². The zero-order chi connectivity index (χ0) is 24.9. The van der Waals surface area contributed by atoms with E-state index in [1.807, 2.05) is 91.9 Å². The lowest BCUT2D eigenvalue weighted by atomic mass is 10.0. The van der Waals surface area contributed by atoms with Crippen molar-refractivity contribution in [2.75, 3.05) is 6.54 Å². The van der Waals surface area contributed by atoms with Gasteiger partial charge in [0.2, 0.25) is 5.91 Å². The average Bonchev–Trinajstić information content (AvgIpc) is 2.89. The number of ether oxygens (including phenoxy) is 2. The molecule has 0 spiro atoms. The van der Waals surface area contributed by atoms with Crippen LogP contribution in [0.1, 0.15) is 42.5 Å². The largest absolute Gasteiger partial charge is 0.489 e. The molecule has 0 saturated heterocycles. The summed E-state index contributed by atoms with van der Waals surface area (Å²) in [5, 5.41) is 5.99. The van der Waals surface area contributed by atoms with Crippen molar-refractivity contribution < 1.29 is 19.1 Å². The highest BCUT2D eigenvalue weighted by molar-refractivity contribution is 5.85. The summed E-state index contributed by atoms with van der Waals surface area (Å²) < 4.78 is 11.0. The van der Waals surface area contributed by atoms with Crippen LogP contribution in [0.4, 0.5) is 4.79 Å². The molecule has 0 fully saturated rings. The van der Waals surface area contributed by atoms with Gasteiger partial charge in [-0.25, -0.2) is 4.79 Å². The van der Waals surface area contributed by atoms with Gasteiger partial charge in [-0.3, -0.25) is 10.1 Å². The predicted octanol–water partition coefficient (Wildman–Crippen LogP) is 4.90. The maximum absolute atomic E-state index is 12.0. The molecular weight excluding hydrogens is 478 g/mol. The Morgan fingerprint density at radius 1 is 0.861 bits per heavy atom. The Labute approximate surface area is 218 Å². The van der Waals surface area contributed by atoms with Crippen molar-refractivity contribution in [2.24, 2.45) is 5.73 Å². The number of nitrogens with one attached hydrogen (secondary N) is 2. The summed E-state index contributed by atoms with van der Waals surface area (Å²) in [7, 11) is 0. The molecule has 7 nitrogen and oxygen atoms in total. The van der Waals surface area contributed by atoms with Crippen LogP contribution in [0.5, 0.6) is 5.75 Å². The molecule has 0 bridgehead atoms. The van der Waals surface area contributed by atoms with Crippen LogP contribution in [0.15, 0.2) is 84.9 Å². The summed E-state index contributed by atoms with van der Waals surface area (Å²) in [6.45, 7) is 3.09. The van der Waals surface area contributed by atoms with Crippen molar-refractivity contribution in [1.82, 2.24) is 10.6 Å². The molecule has 0 unspecified atom stereocenters. The summed E-state index contributed by atoms with van der Waals surface area (Å²) in [6.07, 6.45) is 0.595. The molecular formula is C28H34ClN3O4. The van der Waals surface area contributed by atoms with Gasteiger partial charge in [0.15, 0.2) is 0 Å². The van der Waals surface area contributed by atoms with E-state index in [0.717, 1.165) is 22.4 Å². The molecule has 8 heteroatoms. The fraction of sp³-hybridized carbons (Fsp3) is 0.286. The number of hydrogen-bond acceptors (Lipinski definition) is 5. The predicted molar refractivity (Wildman–Crippen MR) is 143 cm³/mol. The van der Waals surface area contributed by atoms with Gasteiger partial charge in [-0.15, -0.1) is 12.4 Å². The van der Waals surface area contributed by atoms with E-state index in [4.69, 9.17) is 15.2 Å². The van der Waals surface area contributed by atoms with Crippen LogP contribution in [-0.4, -0.2) is 24.6 Å². The van der Waals surface area contributed by atoms with Gasteiger partial charge in [0.05, 0.1) is 6.04 Å². The Morgan fingerprint density at radius 2 is 1.44 bits per heavy atom. The van der Waals surface area contributed by atoms with Crippen molar-refractivity contribution in [2.45, 2.75) is 45.1 Å². The third-order valence-electron chi connectivity index (χ3n) is 5.57. The second-order valence-corrected chi connectivity index (χ2v) is 8.32. The van der Waals surface area contributed by atoms with E-state index in [-0.39, 0.29) is 25.1 Å². The molecule has 2 amide bonds. The molecule has 2 atom stereocenters. The monoisotopic (exact) mass is 511 g/mol. The van der Waals surface area contributed by atoms with Crippen LogP contribution in [0, 0.1) is 0 Å². The Kier molecular flexibility index (Phi) is 12.3. The van der Waals surface area contributed by atoms with Gasteiger partial charge in [0, 0.05) is 12.6 Å². The minimum absolute atomic E-state index is 0. The lowest BCUT2D eigenvalue weighted by Crippen LogP contribution is -2.43. The number of hydrogen-bond donors (Lipinski definition) is 3. The topological polar surface area (TPSA) is 103 Å². The number of benzene rings is 3. The number of alkyl carbamates (subject to hydrolysis) is 1. The summed E-state index contributed by atoms with van der Waals surface area (Å²) in [6, 6.07) is 26.6. The Hall–Kier alpha value is -3.55. The summed E-state index contributed by atoms with van der Waals surface area (Å²) >= 11 is 0. The molecule has 3 aromatic carbocycles. The lowest BCUT2D eigenvalue weighted by Gasteiger charge is -2.21. The van der Waals surface area contributed by atoms with Gasteiger partial charge in [-0.2, -0.15) is 0 Å². The third kappa shape index (κ3) is 9.98. The van der Waals surface area contributed by atoms with Crippen molar-refractivity contribution in [3.05, 3.63) is 102 Å². The quantitative estimate of drug-likeness (QED) is 0.283. The van der Waals surface area contributed by atoms with Gasteiger partial charge in [0.25, 0.3) is 0 Å². The first-order chi connectivity index (χ1) is 17.0. The van der Waals surface area contributed by atoms with Crippen molar-refractivity contribution in [1.29, 1.82) is 0 Å². The molecule has 192 valence electrons. The molecule has 3 aromatic rings. The molecule has 0 heterocycles. The summed E-state index contributed by atoms with van der Waals surface area (Å²) in [4.78, 5) is 23.8. The second-order valence-electron chi connectivity index (χ2n) is 8.32. The number of rotatable bonds is 13. The summed E-state index contributed by atoms with van der Waals surface area (Å²) in [5.41, 5.74) is 8.65. The van der Waals surface area contributed by atoms with Crippen LogP contribution >= 0.6 is 12.4 Å². The zero-order valence-electron chi connectivity index (χ0n) is 20.4. The smallest absolute Gasteiger partial charge is 0.407 e. The van der Waals surface area contributed by atoms with Crippen molar-refractivity contribution >= 4 is 24.4 Å². The first-order valence-electron chi connectivity index (χ1n) is 11.8. The highest BCUT2D eigenvalue weighted by Gasteiger charge is 2.18. The minimum Gasteiger partial charge on any atom is -0.489 e. The van der Waals surface area contributed by atoms with E-state index in [9.17, 15) is 9.59 Å². The van der Waals surface area contributed by atoms with E-state index < -0.39 is 18.0 Å². The molecule has 0 radical (unpaired) electrons. The molecule has 4 N–H and O–H groups in total. The second kappa shape index (κ2) is 15.4. The van der Waals surface area contributed by atoms with E-state index in [1.165, 1.54) is 0 Å². The van der Waals surface area contributed by atoms with Gasteiger partial charge < -0.3 is 20.5 Å². The number of nitrogens with two attached hydrogens (primary N) is 1. The SMILES string of the molecule is C[C@@H](N[C@H](CCCNC(=O)OCc1ccccc1)C(N)=O)c1ccc(OCc2ccccc2)cc1.Cl. The molecule has 0 aliphatic carbocycles. The zero-order valence-corrected chi connectivity index (χ0v) is 21.2. The van der Waals surface area contributed by atoms with Crippen LogP contribution < -0.4 is 21.1 Å². The maximum atomic E-state index is 12.0. The number of amides is 2. The normalized spacial score (nSPS) is 12.0. The first-order valence-corrected chi connectivity index (χ1v) is 11.8. The van der Waals surface area contributed by atoms with Crippen molar-refractivity contribution in [3.63, 3.8) is 0 Å². The standard InChI is InChI=1S/C28H33N3O4.ClH/c1-21(24-14-16-25(17-15-24)34-19-22-9-4-2-5-10-22)31-26(27(29)32)13-8-18-30-28(33)35-20-23-11-6-3-7-12-23;/h2-7,9-12,14-17,21,26,31H,8,13,18-20H2,1H3,(H2,29,32)(H,30,33);1H/t21-,26-;/m1./s1.